The van der Waals surface area contributed by atoms with Crippen molar-refractivity contribution in [1.82, 2.24) is 0 Å². The molecule has 1 heterocycles. The van der Waals surface area contributed by atoms with Crippen molar-refractivity contribution in [2.75, 3.05) is 6.61 Å². The molecule has 2 aromatic rings. The first-order valence-electron chi connectivity index (χ1n) is 10.8. The summed E-state index contributed by atoms with van der Waals surface area (Å²) in [4.78, 5) is 1.29. The lowest BCUT2D eigenvalue weighted by atomic mass is 9.90. The van der Waals surface area contributed by atoms with E-state index in [0.717, 1.165) is 16.4 Å². The van der Waals surface area contributed by atoms with Crippen LogP contribution in [-0.4, -0.2) is 56.7 Å². The Morgan fingerprint density at radius 1 is 0.935 bits per heavy atom. The van der Waals surface area contributed by atoms with Gasteiger partial charge in [-0.2, -0.15) is 0 Å². The second-order valence-corrected chi connectivity index (χ2v) is 10.2. The lowest BCUT2D eigenvalue weighted by molar-refractivity contribution is -0.231. The lowest BCUT2D eigenvalue weighted by Gasteiger charge is -2.40. The van der Waals surface area contributed by atoms with Crippen LogP contribution < -0.4 is 0 Å². The third kappa shape index (κ3) is 5.28. The van der Waals surface area contributed by atoms with Gasteiger partial charge in [0.2, 0.25) is 0 Å². The highest BCUT2D eigenvalue weighted by Crippen LogP contribution is 2.36. The Labute approximate surface area is 192 Å². The maximum atomic E-state index is 10.4. The van der Waals surface area contributed by atoms with Crippen molar-refractivity contribution in [2.45, 2.75) is 72.8 Å². The van der Waals surface area contributed by atoms with Gasteiger partial charge in [-0.15, -0.1) is 11.8 Å². The molecule has 1 aliphatic heterocycles. The summed E-state index contributed by atoms with van der Waals surface area (Å²) in [5, 5.41) is 41.3. The molecular formula is C24H29ClO5S. The van der Waals surface area contributed by atoms with Crippen molar-refractivity contribution in [3.63, 3.8) is 0 Å². The number of hydrogen-bond donors (Lipinski definition) is 4. The van der Waals surface area contributed by atoms with Gasteiger partial charge >= 0.3 is 0 Å². The molecule has 2 aromatic carbocycles. The predicted octanol–water partition coefficient (Wildman–Crippen LogP) is 3.48. The first-order valence-corrected chi connectivity index (χ1v) is 12.1. The Kier molecular flexibility index (Phi) is 7.60. The number of rotatable bonds is 6. The molecule has 4 N–H and O–H groups in total. The molecule has 2 aliphatic rings. The van der Waals surface area contributed by atoms with Gasteiger partial charge in [0.1, 0.15) is 30.5 Å². The van der Waals surface area contributed by atoms with E-state index in [2.05, 4.69) is 24.3 Å². The molecule has 2 fully saturated rings. The van der Waals surface area contributed by atoms with Crippen molar-refractivity contribution >= 4 is 23.4 Å². The molecule has 0 spiro atoms. The minimum atomic E-state index is -1.40. The van der Waals surface area contributed by atoms with E-state index >= 15 is 0 Å². The van der Waals surface area contributed by atoms with Crippen molar-refractivity contribution in [3.05, 3.63) is 64.2 Å². The molecule has 1 unspecified atom stereocenters. The van der Waals surface area contributed by atoms with Crippen LogP contribution in [0.3, 0.4) is 0 Å². The molecule has 0 aromatic heterocycles. The molecular weight excluding hydrogens is 436 g/mol. The minimum Gasteiger partial charge on any atom is -0.394 e. The van der Waals surface area contributed by atoms with Crippen LogP contribution in [0.1, 0.15) is 48.5 Å². The fourth-order valence-electron chi connectivity index (χ4n) is 4.39. The molecule has 31 heavy (non-hydrogen) atoms. The maximum absolute atomic E-state index is 10.4. The second-order valence-electron chi connectivity index (χ2n) is 8.45. The fraction of sp³-hybridized carbons (Fsp3) is 0.500. The number of benzene rings is 2. The number of halogens is 1. The van der Waals surface area contributed by atoms with E-state index in [4.69, 9.17) is 16.3 Å². The zero-order chi connectivity index (χ0) is 22.0. The minimum absolute atomic E-state index is 0.451. The van der Waals surface area contributed by atoms with Crippen molar-refractivity contribution in [1.29, 1.82) is 0 Å². The molecule has 5 atom stereocenters. The molecule has 168 valence electrons. The van der Waals surface area contributed by atoms with Crippen LogP contribution in [0.15, 0.2) is 47.4 Å². The zero-order valence-electron chi connectivity index (χ0n) is 17.2. The van der Waals surface area contributed by atoms with E-state index in [1.54, 1.807) is 12.1 Å². The number of thioether (sulfide) groups is 1. The van der Waals surface area contributed by atoms with Gasteiger partial charge in [0.25, 0.3) is 0 Å². The molecule has 1 saturated heterocycles. The highest BCUT2D eigenvalue weighted by molar-refractivity contribution is 8.00. The first-order chi connectivity index (χ1) is 15.0. The van der Waals surface area contributed by atoms with Crippen LogP contribution in [0.4, 0.5) is 0 Å². The average Bonchev–Trinajstić information content (AvgIpc) is 3.28. The Hall–Kier alpha value is -1.12. The molecule has 0 bridgehead atoms. The summed E-state index contributed by atoms with van der Waals surface area (Å²) < 4.78 is 5.68. The number of ether oxygens (including phenoxy) is 1. The summed E-state index contributed by atoms with van der Waals surface area (Å²) in [6.45, 7) is -0.451. The van der Waals surface area contributed by atoms with Gasteiger partial charge in [-0.3, -0.25) is 0 Å². The van der Waals surface area contributed by atoms with Crippen LogP contribution in [-0.2, 0) is 11.2 Å². The third-order valence-corrected chi connectivity index (χ3v) is 7.93. The third-order valence-electron chi connectivity index (χ3n) is 6.21. The van der Waals surface area contributed by atoms with Gasteiger partial charge < -0.3 is 25.2 Å². The van der Waals surface area contributed by atoms with Gasteiger partial charge in [-0.05, 0) is 54.2 Å². The summed E-state index contributed by atoms with van der Waals surface area (Å²) in [5.74, 6) is 0. The van der Waals surface area contributed by atoms with Crippen LogP contribution in [0.5, 0.6) is 0 Å². The topological polar surface area (TPSA) is 90.2 Å². The monoisotopic (exact) mass is 464 g/mol. The Morgan fingerprint density at radius 2 is 1.65 bits per heavy atom. The molecule has 0 radical (unpaired) electrons. The van der Waals surface area contributed by atoms with Crippen LogP contribution in [0, 0.1) is 0 Å². The SMILES string of the molecule is OCC1O[C@@H](c2ccc(Cl)c(Cc3ccc(SC4CCCC4)cc3)c2)[C@H](O)[C@@H](O)[C@@H]1O. The van der Waals surface area contributed by atoms with Crippen molar-refractivity contribution < 1.29 is 25.2 Å². The summed E-state index contributed by atoms with van der Waals surface area (Å²) in [6, 6.07) is 13.9. The van der Waals surface area contributed by atoms with Gasteiger partial charge in [0, 0.05) is 15.2 Å². The molecule has 0 amide bonds. The standard InChI is InChI=1S/C24H29ClO5S/c25-19-10-7-15(24-23(29)22(28)21(27)20(13-26)30-24)12-16(19)11-14-5-8-18(9-6-14)31-17-3-1-2-4-17/h5-10,12,17,20-24,26-29H,1-4,11,13H2/t20?,21-,22+,23-,24+/m1/s1. The normalized spacial score (nSPS) is 29.4. The number of hydrogen-bond acceptors (Lipinski definition) is 6. The average molecular weight is 465 g/mol. The van der Waals surface area contributed by atoms with E-state index in [1.165, 1.54) is 30.6 Å². The molecule has 4 rings (SSSR count). The summed E-state index contributed by atoms with van der Waals surface area (Å²) in [7, 11) is 0. The highest BCUT2D eigenvalue weighted by atomic mass is 35.5. The van der Waals surface area contributed by atoms with E-state index in [0.29, 0.717) is 17.0 Å². The van der Waals surface area contributed by atoms with Crippen molar-refractivity contribution in [2.24, 2.45) is 0 Å². The van der Waals surface area contributed by atoms with Crippen molar-refractivity contribution in [3.8, 4) is 0 Å². The Morgan fingerprint density at radius 3 is 2.32 bits per heavy atom. The molecule has 5 nitrogen and oxygen atoms in total. The summed E-state index contributed by atoms with van der Waals surface area (Å²) >= 11 is 8.40. The van der Waals surface area contributed by atoms with Crippen LogP contribution in [0.2, 0.25) is 5.02 Å². The lowest BCUT2D eigenvalue weighted by Crippen LogP contribution is -2.55. The number of aliphatic hydroxyl groups excluding tert-OH is 4. The smallest absolute Gasteiger partial charge is 0.113 e. The van der Waals surface area contributed by atoms with E-state index in [1.807, 2.05) is 17.8 Å². The molecule has 1 aliphatic carbocycles. The quantitative estimate of drug-likeness (QED) is 0.523. The fourth-order valence-corrected chi connectivity index (χ4v) is 5.82. The summed E-state index contributed by atoms with van der Waals surface area (Å²) in [6.07, 6.45) is 0.00213. The van der Waals surface area contributed by atoms with Gasteiger partial charge in [-0.25, -0.2) is 0 Å². The van der Waals surface area contributed by atoms with Crippen LogP contribution in [0.25, 0.3) is 0 Å². The Bertz CT molecular complexity index is 869. The van der Waals surface area contributed by atoms with E-state index in [-0.39, 0.29) is 0 Å². The first kappa shape index (κ1) is 23.1. The number of aliphatic hydroxyl groups is 4. The van der Waals surface area contributed by atoms with Crippen LogP contribution >= 0.6 is 23.4 Å². The van der Waals surface area contributed by atoms with E-state index in [9.17, 15) is 20.4 Å². The van der Waals surface area contributed by atoms with E-state index < -0.39 is 37.1 Å². The van der Waals surface area contributed by atoms with Gasteiger partial charge in [-0.1, -0.05) is 48.7 Å². The van der Waals surface area contributed by atoms with Gasteiger partial charge in [0.15, 0.2) is 0 Å². The summed E-state index contributed by atoms with van der Waals surface area (Å²) in [5.41, 5.74) is 2.65. The largest absolute Gasteiger partial charge is 0.394 e. The zero-order valence-corrected chi connectivity index (χ0v) is 18.8. The van der Waals surface area contributed by atoms with Gasteiger partial charge in [0.05, 0.1) is 6.61 Å². The molecule has 1 saturated carbocycles. The maximum Gasteiger partial charge on any atom is 0.113 e. The predicted molar refractivity (Wildman–Crippen MR) is 122 cm³/mol. The Balaban J connectivity index is 1.49. The second kappa shape index (κ2) is 10.2. The molecule has 7 heteroatoms. The highest BCUT2D eigenvalue weighted by Gasteiger charge is 2.44.